The highest BCUT2D eigenvalue weighted by Gasteiger charge is 2.10. The minimum absolute atomic E-state index is 0.0411. The third-order valence-electron chi connectivity index (χ3n) is 6.41. The number of ether oxygens (including phenoxy) is 1. The molecule has 39 heavy (non-hydrogen) atoms. The molecule has 10 nitrogen and oxygen atoms in total. The molecule has 0 saturated carbocycles. The Morgan fingerprint density at radius 3 is 2.56 bits per heavy atom. The van der Waals surface area contributed by atoms with Crippen molar-refractivity contribution in [1.82, 2.24) is 15.3 Å². The Kier molecular flexibility index (Phi) is 12.4. The zero-order valence-corrected chi connectivity index (χ0v) is 22.1. The monoisotopic (exact) mass is 538 g/mol. The zero-order chi connectivity index (χ0) is 27.9. The van der Waals surface area contributed by atoms with Crippen LogP contribution >= 0.6 is 0 Å². The molecular formula is C29H38N4O6. The topological polar surface area (TPSA) is 157 Å². The van der Waals surface area contributed by atoms with Crippen molar-refractivity contribution in [2.75, 3.05) is 31.6 Å². The molecule has 0 unspecified atom stereocenters. The van der Waals surface area contributed by atoms with E-state index in [0.717, 1.165) is 75.8 Å². The van der Waals surface area contributed by atoms with Crippen LogP contribution in [0.25, 0.3) is 11.1 Å². The smallest absolute Gasteiger partial charge is 0.325 e. The average molecular weight is 539 g/mol. The van der Waals surface area contributed by atoms with E-state index in [9.17, 15) is 24.6 Å². The molecule has 0 fully saturated rings. The number of aromatic amines is 2. The number of nitrogens with one attached hydrogen (secondary N) is 4. The molecule has 1 aromatic heterocycles. The first-order valence-corrected chi connectivity index (χ1v) is 13.4. The van der Waals surface area contributed by atoms with Gasteiger partial charge in [0.15, 0.2) is 0 Å². The van der Waals surface area contributed by atoms with Crippen molar-refractivity contribution in [3.63, 3.8) is 0 Å². The van der Waals surface area contributed by atoms with Crippen molar-refractivity contribution < 1.29 is 19.7 Å². The molecule has 3 aromatic rings. The van der Waals surface area contributed by atoms with Gasteiger partial charge in [-0.05, 0) is 67.5 Å². The number of hydrogen-bond donors (Lipinski definition) is 6. The number of hydrogen-bond acceptors (Lipinski definition) is 7. The number of rotatable bonds is 18. The Hall–Kier alpha value is -3.73. The van der Waals surface area contributed by atoms with Crippen LogP contribution in [0.1, 0.15) is 55.8 Å². The summed E-state index contributed by atoms with van der Waals surface area (Å²) in [6, 6.07) is 12.4. The first-order valence-electron chi connectivity index (χ1n) is 13.4. The van der Waals surface area contributed by atoms with Crippen LogP contribution in [0.15, 0.2) is 58.3 Å². The Morgan fingerprint density at radius 1 is 0.974 bits per heavy atom. The van der Waals surface area contributed by atoms with Gasteiger partial charge in [0.2, 0.25) is 6.41 Å². The van der Waals surface area contributed by atoms with Gasteiger partial charge in [-0.2, -0.15) is 0 Å². The van der Waals surface area contributed by atoms with Crippen molar-refractivity contribution >= 4 is 12.1 Å². The molecule has 3 rings (SSSR count). The van der Waals surface area contributed by atoms with E-state index in [1.807, 2.05) is 24.3 Å². The van der Waals surface area contributed by atoms with Gasteiger partial charge < -0.3 is 30.6 Å². The number of amides is 1. The lowest BCUT2D eigenvalue weighted by molar-refractivity contribution is -0.105. The highest BCUT2D eigenvalue weighted by atomic mass is 16.5. The first-order chi connectivity index (χ1) is 19.0. The van der Waals surface area contributed by atoms with Crippen LogP contribution < -0.4 is 21.9 Å². The number of phenolic OH excluding ortho intramolecular Hbond substituents is 1. The van der Waals surface area contributed by atoms with Crippen molar-refractivity contribution in [2.45, 2.75) is 51.0 Å². The third-order valence-corrected chi connectivity index (χ3v) is 6.41. The molecule has 6 N–H and O–H groups in total. The molecule has 0 radical (unpaired) electrons. The lowest BCUT2D eigenvalue weighted by atomic mass is 10.0. The number of aromatic hydroxyl groups is 1. The van der Waals surface area contributed by atoms with Crippen LogP contribution in [0.3, 0.4) is 0 Å². The summed E-state index contributed by atoms with van der Waals surface area (Å²) in [7, 11) is 0. The van der Waals surface area contributed by atoms with Crippen molar-refractivity contribution in [3.05, 3.63) is 80.6 Å². The predicted octanol–water partition coefficient (Wildman–Crippen LogP) is 3.23. The number of aliphatic hydroxyl groups is 1. The normalized spacial score (nSPS) is 11.8. The van der Waals surface area contributed by atoms with E-state index < -0.39 is 17.4 Å². The fourth-order valence-electron chi connectivity index (χ4n) is 4.26. The molecule has 0 aliphatic heterocycles. The second kappa shape index (κ2) is 16.3. The van der Waals surface area contributed by atoms with Gasteiger partial charge in [-0.1, -0.05) is 43.2 Å². The molecule has 0 aliphatic rings. The molecule has 210 valence electrons. The summed E-state index contributed by atoms with van der Waals surface area (Å²) in [4.78, 5) is 38.6. The lowest BCUT2D eigenvalue weighted by Gasteiger charge is -2.14. The SMILES string of the molecule is O=CNc1cc([C@H](O)CNCCCCCCOCCCCc2cccc(-c3c[nH]c(=O)[nH]c3=O)c2)ccc1O. The molecule has 1 amide bonds. The van der Waals surface area contributed by atoms with Gasteiger partial charge in [-0.25, -0.2) is 4.79 Å². The summed E-state index contributed by atoms with van der Waals surface area (Å²) in [5.74, 6) is -0.0411. The molecule has 0 saturated heterocycles. The lowest BCUT2D eigenvalue weighted by Crippen LogP contribution is -2.22. The number of aliphatic hydroxyl groups excluding tert-OH is 1. The fraction of sp³-hybridized carbons (Fsp3) is 0.414. The van der Waals surface area contributed by atoms with E-state index in [2.05, 4.69) is 20.6 Å². The molecule has 0 bridgehead atoms. The number of phenols is 1. The minimum Gasteiger partial charge on any atom is -0.506 e. The number of aryl methyl sites for hydroxylation is 1. The predicted molar refractivity (Wildman–Crippen MR) is 151 cm³/mol. The number of H-pyrrole nitrogens is 2. The fourth-order valence-corrected chi connectivity index (χ4v) is 4.26. The molecule has 0 spiro atoms. The number of aromatic nitrogens is 2. The molecular weight excluding hydrogens is 500 g/mol. The number of unbranched alkanes of at least 4 members (excludes halogenated alkanes) is 4. The standard InChI is InChI=1S/C29H38N4O6/c34-20-32-25-17-23(11-12-26(25)35)27(36)19-30-13-4-1-2-5-14-39-15-6-3-8-21-9-7-10-22(16-21)24-18-31-29(38)33-28(24)37/h7,9-12,16-18,20,27,30,35-36H,1-6,8,13-15,19H2,(H,32,34)(H2,31,33,37,38)/t27-/m1/s1. The second-order valence-corrected chi connectivity index (χ2v) is 9.43. The van der Waals surface area contributed by atoms with Gasteiger partial charge >= 0.3 is 5.69 Å². The van der Waals surface area contributed by atoms with E-state index in [1.54, 1.807) is 12.1 Å². The van der Waals surface area contributed by atoms with Gasteiger partial charge in [0.1, 0.15) is 5.75 Å². The Labute approximate surface area is 227 Å². The highest BCUT2D eigenvalue weighted by Crippen LogP contribution is 2.26. The number of carbonyl (C=O) groups excluding carboxylic acids is 1. The van der Waals surface area contributed by atoms with E-state index in [0.29, 0.717) is 24.1 Å². The maximum atomic E-state index is 12.0. The Balaban J connectivity index is 1.19. The summed E-state index contributed by atoms with van der Waals surface area (Å²) in [5.41, 5.74) is 2.37. The molecule has 2 aromatic carbocycles. The maximum Gasteiger partial charge on any atom is 0.325 e. The number of anilines is 1. The second-order valence-electron chi connectivity index (χ2n) is 9.43. The van der Waals surface area contributed by atoms with Gasteiger partial charge in [-0.3, -0.25) is 14.6 Å². The summed E-state index contributed by atoms with van der Waals surface area (Å²) < 4.78 is 5.76. The van der Waals surface area contributed by atoms with Crippen LogP contribution in [0.4, 0.5) is 5.69 Å². The van der Waals surface area contributed by atoms with Crippen LogP contribution in [-0.2, 0) is 16.0 Å². The number of benzene rings is 2. The summed E-state index contributed by atoms with van der Waals surface area (Å²) in [5, 5.41) is 25.7. The van der Waals surface area contributed by atoms with Gasteiger partial charge in [-0.15, -0.1) is 0 Å². The Bertz CT molecular complexity index is 1290. The highest BCUT2D eigenvalue weighted by molar-refractivity contribution is 5.75. The Morgan fingerprint density at radius 2 is 1.77 bits per heavy atom. The summed E-state index contributed by atoms with van der Waals surface area (Å²) in [6.45, 7) is 2.66. The van der Waals surface area contributed by atoms with Crippen molar-refractivity contribution in [1.29, 1.82) is 0 Å². The largest absolute Gasteiger partial charge is 0.506 e. The molecule has 10 heteroatoms. The minimum atomic E-state index is -0.727. The van der Waals surface area contributed by atoms with E-state index in [-0.39, 0.29) is 11.4 Å². The van der Waals surface area contributed by atoms with Crippen molar-refractivity contribution in [2.24, 2.45) is 0 Å². The number of carbonyl (C=O) groups is 1. The van der Waals surface area contributed by atoms with Crippen LogP contribution in [0.5, 0.6) is 5.75 Å². The van der Waals surface area contributed by atoms with E-state index in [4.69, 9.17) is 4.74 Å². The van der Waals surface area contributed by atoms with E-state index in [1.165, 1.54) is 12.3 Å². The zero-order valence-electron chi connectivity index (χ0n) is 22.1. The summed E-state index contributed by atoms with van der Waals surface area (Å²) in [6.07, 6.45) is 8.22. The van der Waals surface area contributed by atoms with Crippen molar-refractivity contribution in [3.8, 4) is 16.9 Å². The van der Waals surface area contributed by atoms with Crippen LogP contribution in [-0.4, -0.2) is 52.9 Å². The van der Waals surface area contributed by atoms with Gasteiger partial charge in [0.25, 0.3) is 5.56 Å². The quantitative estimate of drug-likeness (QED) is 0.0825. The van der Waals surface area contributed by atoms with E-state index >= 15 is 0 Å². The van der Waals surface area contributed by atoms with Gasteiger partial charge in [0, 0.05) is 26.0 Å². The molecule has 1 heterocycles. The molecule has 0 aliphatic carbocycles. The third kappa shape index (κ3) is 10.2. The molecule has 1 atom stereocenters. The first kappa shape index (κ1) is 29.8. The summed E-state index contributed by atoms with van der Waals surface area (Å²) >= 11 is 0. The van der Waals surface area contributed by atoms with Crippen LogP contribution in [0, 0.1) is 0 Å². The average Bonchev–Trinajstić information content (AvgIpc) is 2.92. The van der Waals surface area contributed by atoms with Gasteiger partial charge in [0.05, 0.1) is 17.4 Å². The maximum absolute atomic E-state index is 12.0. The van der Waals surface area contributed by atoms with Crippen LogP contribution in [0.2, 0.25) is 0 Å².